The summed E-state index contributed by atoms with van der Waals surface area (Å²) >= 11 is 0. The van der Waals surface area contributed by atoms with E-state index >= 15 is 0 Å². The van der Waals surface area contributed by atoms with Gasteiger partial charge in [-0.1, -0.05) is 13.8 Å². The summed E-state index contributed by atoms with van der Waals surface area (Å²) in [7, 11) is 0. The van der Waals surface area contributed by atoms with Crippen LogP contribution in [0.4, 0.5) is 0 Å². The number of nitrogens with two attached hydrogens (primary N) is 1. The van der Waals surface area contributed by atoms with E-state index in [0.717, 1.165) is 6.42 Å². The van der Waals surface area contributed by atoms with Crippen molar-refractivity contribution in [2.75, 3.05) is 13.2 Å². The second kappa shape index (κ2) is 7.15. The van der Waals surface area contributed by atoms with Gasteiger partial charge in [-0.05, 0) is 26.2 Å². The van der Waals surface area contributed by atoms with Gasteiger partial charge in [-0.15, -0.1) is 0 Å². The normalized spacial score (nSPS) is 14.1. The fourth-order valence-electron chi connectivity index (χ4n) is 1.19. The van der Waals surface area contributed by atoms with Crippen molar-refractivity contribution in [2.24, 2.45) is 11.7 Å². The molecule has 0 aromatic heterocycles. The van der Waals surface area contributed by atoms with Gasteiger partial charge in [0.05, 0.1) is 18.8 Å². The number of carbonyl (C=O) groups excluding carboxylic acids is 1. The first-order valence-electron chi connectivity index (χ1n) is 5.37. The van der Waals surface area contributed by atoms with E-state index in [1.807, 2.05) is 20.8 Å². The second-order valence-electron chi connectivity index (χ2n) is 3.24. The molecule has 88 valence electrons. The molecule has 0 aromatic carbocycles. The molecule has 0 heterocycles. The van der Waals surface area contributed by atoms with Crippen LogP contribution in [-0.2, 0) is 14.3 Å². The molecule has 0 aliphatic carbocycles. The van der Waals surface area contributed by atoms with Crippen molar-refractivity contribution in [3.63, 3.8) is 0 Å². The summed E-state index contributed by atoms with van der Waals surface area (Å²) in [6, 6.07) is 0. The Balaban J connectivity index is 4.86. The Bertz CT molecular complexity index is 236. The maximum absolute atomic E-state index is 11.6. The number of hydrogen-bond acceptors (Lipinski definition) is 4. The Kier molecular flexibility index (Phi) is 6.58. The molecule has 0 saturated carbocycles. The first kappa shape index (κ1) is 13.8. The van der Waals surface area contributed by atoms with E-state index in [0.29, 0.717) is 18.8 Å². The predicted molar refractivity (Wildman–Crippen MR) is 58.9 cm³/mol. The molecule has 0 spiro atoms. The van der Waals surface area contributed by atoms with Crippen LogP contribution < -0.4 is 5.73 Å². The summed E-state index contributed by atoms with van der Waals surface area (Å²) < 4.78 is 10.1. The Morgan fingerprint density at radius 2 is 1.73 bits per heavy atom. The Labute approximate surface area is 91.4 Å². The lowest BCUT2D eigenvalue weighted by Gasteiger charge is -2.15. The first-order chi connectivity index (χ1) is 7.08. The average Bonchev–Trinajstić information content (AvgIpc) is 2.18. The molecule has 0 amide bonds. The second-order valence-corrected chi connectivity index (χ2v) is 3.24. The van der Waals surface area contributed by atoms with Crippen molar-refractivity contribution in [1.29, 1.82) is 0 Å². The van der Waals surface area contributed by atoms with Crippen molar-refractivity contribution in [1.82, 2.24) is 0 Å². The molecule has 0 bridgehead atoms. The lowest BCUT2D eigenvalue weighted by Crippen LogP contribution is -2.20. The van der Waals surface area contributed by atoms with Crippen LogP contribution in [-0.4, -0.2) is 19.2 Å². The van der Waals surface area contributed by atoms with E-state index in [1.165, 1.54) is 0 Å². The van der Waals surface area contributed by atoms with Gasteiger partial charge in [-0.3, -0.25) is 0 Å². The third-order valence-electron chi connectivity index (χ3n) is 2.17. The summed E-state index contributed by atoms with van der Waals surface area (Å²) in [6.07, 6.45) is 0.821. The number of rotatable bonds is 6. The zero-order valence-electron chi connectivity index (χ0n) is 10.0. The highest BCUT2D eigenvalue weighted by atomic mass is 16.5. The Hall–Kier alpha value is -1.19. The summed E-state index contributed by atoms with van der Waals surface area (Å²) in [5.41, 5.74) is 6.14. The smallest absolute Gasteiger partial charge is 0.339 e. The van der Waals surface area contributed by atoms with Gasteiger partial charge in [0.15, 0.2) is 5.88 Å². The molecule has 0 aliphatic heterocycles. The summed E-state index contributed by atoms with van der Waals surface area (Å²) in [5.74, 6) is -0.140. The third-order valence-corrected chi connectivity index (χ3v) is 2.17. The van der Waals surface area contributed by atoms with Gasteiger partial charge in [-0.25, -0.2) is 4.79 Å². The molecule has 0 aromatic rings. The standard InChI is InChI=1S/C11H21NO3/c1-5-8(4)9(10(12)14-6-2)11(13)15-7-3/h8H,5-7,12H2,1-4H3. The molecular weight excluding hydrogens is 194 g/mol. The van der Waals surface area contributed by atoms with Crippen molar-refractivity contribution >= 4 is 5.97 Å². The van der Waals surface area contributed by atoms with E-state index in [1.54, 1.807) is 6.92 Å². The molecule has 0 radical (unpaired) electrons. The molecule has 0 saturated heterocycles. The van der Waals surface area contributed by atoms with Crippen LogP contribution in [0.1, 0.15) is 34.1 Å². The minimum atomic E-state index is -0.377. The van der Waals surface area contributed by atoms with Crippen LogP contribution in [0.3, 0.4) is 0 Å². The Morgan fingerprint density at radius 3 is 2.13 bits per heavy atom. The highest BCUT2D eigenvalue weighted by Gasteiger charge is 2.21. The minimum absolute atomic E-state index is 0.0515. The van der Waals surface area contributed by atoms with E-state index in [4.69, 9.17) is 15.2 Å². The predicted octanol–water partition coefficient (Wildman–Crippen LogP) is 1.80. The maximum atomic E-state index is 11.6. The summed E-state index contributed by atoms with van der Waals surface area (Å²) in [6.45, 7) is 8.31. The zero-order valence-corrected chi connectivity index (χ0v) is 10.0. The average molecular weight is 215 g/mol. The topological polar surface area (TPSA) is 61.5 Å². The minimum Gasteiger partial charge on any atom is -0.479 e. The number of esters is 1. The Morgan fingerprint density at radius 1 is 1.20 bits per heavy atom. The largest absolute Gasteiger partial charge is 0.479 e. The molecule has 1 atom stereocenters. The number of hydrogen-bond donors (Lipinski definition) is 1. The molecular formula is C11H21NO3. The zero-order chi connectivity index (χ0) is 11.8. The monoisotopic (exact) mass is 215 g/mol. The highest BCUT2D eigenvalue weighted by Crippen LogP contribution is 2.18. The van der Waals surface area contributed by atoms with E-state index < -0.39 is 0 Å². The van der Waals surface area contributed by atoms with Gasteiger partial charge in [0.2, 0.25) is 0 Å². The summed E-state index contributed by atoms with van der Waals surface area (Å²) in [5, 5.41) is 0. The lowest BCUT2D eigenvalue weighted by molar-refractivity contribution is -0.139. The van der Waals surface area contributed by atoms with Crippen LogP contribution in [0.2, 0.25) is 0 Å². The van der Waals surface area contributed by atoms with Crippen LogP contribution in [0.15, 0.2) is 11.5 Å². The van der Waals surface area contributed by atoms with Gasteiger partial charge in [0, 0.05) is 0 Å². The summed E-state index contributed by atoms with van der Waals surface area (Å²) in [4.78, 5) is 11.6. The fraction of sp³-hybridized carbons (Fsp3) is 0.727. The molecule has 15 heavy (non-hydrogen) atoms. The van der Waals surface area contributed by atoms with Gasteiger partial charge in [0.1, 0.15) is 0 Å². The first-order valence-corrected chi connectivity index (χ1v) is 5.37. The van der Waals surface area contributed by atoms with Gasteiger partial charge >= 0.3 is 5.97 Å². The quantitative estimate of drug-likeness (QED) is 0.417. The van der Waals surface area contributed by atoms with Gasteiger partial charge in [0.25, 0.3) is 0 Å². The molecule has 4 heteroatoms. The van der Waals surface area contributed by atoms with Gasteiger partial charge in [-0.2, -0.15) is 0 Å². The van der Waals surface area contributed by atoms with Crippen LogP contribution in [0, 0.1) is 5.92 Å². The van der Waals surface area contributed by atoms with Crippen molar-refractivity contribution < 1.29 is 14.3 Å². The van der Waals surface area contributed by atoms with E-state index in [2.05, 4.69) is 0 Å². The van der Waals surface area contributed by atoms with E-state index in [9.17, 15) is 4.79 Å². The molecule has 1 unspecified atom stereocenters. The highest BCUT2D eigenvalue weighted by molar-refractivity contribution is 5.89. The molecule has 4 nitrogen and oxygen atoms in total. The van der Waals surface area contributed by atoms with Gasteiger partial charge < -0.3 is 15.2 Å². The lowest BCUT2D eigenvalue weighted by atomic mass is 9.99. The van der Waals surface area contributed by atoms with Crippen molar-refractivity contribution in [3.8, 4) is 0 Å². The van der Waals surface area contributed by atoms with E-state index in [-0.39, 0.29) is 17.8 Å². The number of ether oxygens (including phenoxy) is 2. The maximum Gasteiger partial charge on any atom is 0.339 e. The third kappa shape index (κ3) is 4.23. The molecule has 0 fully saturated rings. The molecule has 2 N–H and O–H groups in total. The van der Waals surface area contributed by atoms with Crippen LogP contribution in [0.25, 0.3) is 0 Å². The van der Waals surface area contributed by atoms with Crippen LogP contribution in [0.5, 0.6) is 0 Å². The number of carbonyl (C=O) groups is 1. The molecule has 0 rings (SSSR count). The fourth-order valence-corrected chi connectivity index (χ4v) is 1.19. The molecule has 0 aliphatic rings. The van der Waals surface area contributed by atoms with Crippen molar-refractivity contribution in [3.05, 3.63) is 11.5 Å². The SMILES string of the molecule is CCOC(=O)C(=C(N)OCC)C(C)CC. The van der Waals surface area contributed by atoms with Crippen LogP contribution >= 0.6 is 0 Å². The van der Waals surface area contributed by atoms with Crippen molar-refractivity contribution in [2.45, 2.75) is 34.1 Å².